The number of aliphatic hydroxyl groups is 1. The normalized spacial score (nSPS) is 42.0. The van der Waals surface area contributed by atoms with Crippen LogP contribution in [0.3, 0.4) is 0 Å². The first kappa shape index (κ1) is 30.1. The minimum Gasteiger partial charge on any atom is -0.393 e. The Kier molecular flexibility index (Phi) is 6.81. The Bertz CT molecular complexity index is 1490. The van der Waals surface area contributed by atoms with Gasteiger partial charge in [0.15, 0.2) is 5.78 Å². The molecule has 4 saturated carbocycles. The lowest BCUT2D eigenvalue weighted by molar-refractivity contribution is -0.226. The number of nitrogens with zero attached hydrogens (tertiary/aromatic N) is 2. The van der Waals surface area contributed by atoms with Crippen LogP contribution in [0, 0.1) is 45.3 Å². The fourth-order valence-electron chi connectivity index (χ4n) is 12.0. The van der Waals surface area contributed by atoms with Crippen LogP contribution in [0.15, 0.2) is 35.4 Å². The Morgan fingerprint density at radius 1 is 0.884 bits per heavy atom. The minimum atomic E-state index is -0.329. The topological polar surface area (TPSA) is 63.1 Å². The van der Waals surface area contributed by atoms with Crippen LogP contribution in [0.4, 0.5) is 0 Å². The summed E-state index contributed by atoms with van der Waals surface area (Å²) < 4.78 is 0. The molecule has 0 bridgehead atoms. The Balaban J connectivity index is 1.32. The molecule has 5 aliphatic carbocycles. The number of carbonyl (C=O) groups excluding carboxylic acids is 1. The van der Waals surface area contributed by atoms with E-state index in [4.69, 9.17) is 16.7 Å². The van der Waals surface area contributed by atoms with Crippen molar-refractivity contribution in [3.8, 4) is 10.6 Å². The van der Waals surface area contributed by atoms with Crippen LogP contribution in [0.5, 0.6) is 0 Å². The second-order valence-corrected chi connectivity index (χ2v) is 18.0. The van der Waals surface area contributed by atoms with E-state index in [9.17, 15) is 9.90 Å². The fraction of sp³-hybridized carbons (Fsp3) is 0.703. The standard InChI is InChI=1S/C37H49ClN2O2S/c1-21(2)29-25(41)20-37(32-40-39-31(43-32)22-8-10-23(38)11-9-22)19-18-35(6)24(30(29)37)12-13-27-34(5)16-15-28(42)33(3,4)26(34)14-17-36(27,35)7/h8-11,21,24,26-28,42H,12-20H2,1-7H3/t24?,26-,27+,28-,34-,35+,36+,37+/m0/s1. The van der Waals surface area contributed by atoms with Gasteiger partial charge in [0.2, 0.25) is 0 Å². The number of fused-ring (bicyclic) bond motifs is 7. The molecule has 1 aromatic heterocycles. The molecule has 0 saturated heterocycles. The Hall–Kier alpha value is -1.56. The largest absolute Gasteiger partial charge is 0.393 e. The molecule has 5 aliphatic rings. The fourth-order valence-corrected chi connectivity index (χ4v) is 13.2. The van der Waals surface area contributed by atoms with E-state index in [1.807, 2.05) is 24.3 Å². The van der Waals surface area contributed by atoms with Gasteiger partial charge in [0.05, 0.1) is 11.5 Å². The summed E-state index contributed by atoms with van der Waals surface area (Å²) in [6.45, 7) is 16.9. The molecule has 8 atom stereocenters. The zero-order chi connectivity index (χ0) is 30.7. The van der Waals surface area contributed by atoms with E-state index >= 15 is 0 Å². The van der Waals surface area contributed by atoms with Gasteiger partial charge in [-0.3, -0.25) is 4.79 Å². The molecule has 1 aromatic carbocycles. The van der Waals surface area contributed by atoms with Crippen molar-refractivity contribution in [2.75, 3.05) is 0 Å². The van der Waals surface area contributed by atoms with Gasteiger partial charge in [0, 0.05) is 17.0 Å². The average Bonchev–Trinajstić information content (AvgIpc) is 3.55. The number of halogens is 1. The summed E-state index contributed by atoms with van der Waals surface area (Å²) in [6, 6.07) is 7.85. The molecule has 43 heavy (non-hydrogen) atoms. The molecule has 4 fully saturated rings. The van der Waals surface area contributed by atoms with Crippen molar-refractivity contribution in [2.45, 2.75) is 118 Å². The van der Waals surface area contributed by atoms with Gasteiger partial charge in [0.25, 0.3) is 0 Å². The van der Waals surface area contributed by atoms with E-state index in [1.54, 1.807) is 11.3 Å². The first-order chi connectivity index (χ1) is 20.2. The summed E-state index contributed by atoms with van der Waals surface area (Å²) >= 11 is 7.86. The molecule has 1 unspecified atom stereocenters. The van der Waals surface area contributed by atoms with Gasteiger partial charge in [-0.05, 0) is 120 Å². The van der Waals surface area contributed by atoms with Gasteiger partial charge in [-0.25, -0.2) is 0 Å². The molecule has 4 nitrogen and oxygen atoms in total. The number of Topliss-reactive ketones (excluding diaryl/α,β-unsaturated/α-hetero) is 1. The van der Waals surface area contributed by atoms with Crippen molar-refractivity contribution in [1.82, 2.24) is 10.2 Å². The molecule has 2 aromatic rings. The van der Waals surface area contributed by atoms with E-state index in [0.717, 1.165) is 53.3 Å². The van der Waals surface area contributed by atoms with Gasteiger partial charge in [-0.15, -0.1) is 10.2 Å². The van der Waals surface area contributed by atoms with Gasteiger partial charge in [-0.2, -0.15) is 0 Å². The van der Waals surface area contributed by atoms with E-state index < -0.39 is 0 Å². The number of hydrogen-bond acceptors (Lipinski definition) is 5. The van der Waals surface area contributed by atoms with E-state index in [0.29, 0.717) is 35.0 Å². The van der Waals surface area contributed by atoms with Crippen LogP contribution in [0.1, 0.15) is 111 Å². The van der Waals surface area contributed by atoms with Crippen LogP contribution >= 0.6 is 22.9 Å². The molecule has 7 rings (SSSR count). The number of aromatic nitrogens is 2. The maximum absolute atomic E-state index is 14.0. The second-order valence-electron chi connectivity index (χ2n) is 16.6. The van der Waals surface area contributed by atoms with E-state index in [-0.39, 0.29) is 39.1 Å². The smallest absolute Gasteiger partial charge is 0.160 e. The van der Waals surface area contributed by atoms with Crippen molar-refractivity contribution < 1.29 is 9.90 Å². The van der Waals surface area contributed by atoms with Gasteiger partial charge >= 0.3 is 0 Å². The molecule has 1 heterocycles. The number of ketones is 1. The van der Waals surface area contributed by atoms with Crippen LogP contribution in [0.25, 0.3) is 10.6 Å². The lowest BCUT2D eigenvalue weighted by Gasteiger charge is -2.72. The quantitative estimate of drug-likeness (QED) is 0.371. The summed E-state index contributed by atoms with van der Waals surface area (Å²) in [5, 5.41) is 23.3. The van der Waals surface area contributed by atoms with Crippen LogP contribution < -0.4 is 0 Å². The van der Waals surface area contributed by atoms with Crippen molar-refractivity contribution in [1.29, 1.82) is 0 Å². The van der Waals surface area contributed by atoms with Gasteiger partial charge in [0.1, 0.15) is 10.0 Å². The van der Waals surface area contributed by atoms with Crippen molar-refractivity contribution in [3.05, 3.63) is 45.4 Å². The van der Waals surface area contributed by atoms with Crippen LogP contribution in [-0.2, 0) is 10.2 Å². The summed E-state index contributed by atoms with van der Waals surface area (Å²) in [7, 11) is 0. The minimum absolute atomic E-state index is 0.0430. The van der Waals surface area contributed by atoms with Gasteiger partial charge in [-0.1, -0.05) is 83.5 Å². The molecule has 0 radical (unpaired) electrons. The van der Waals surface area contributed by atoms with Crippen LogP contribution in [0.2, 0.25) is 5.02 Å². The zero-order valence-corrected chi connectivity index (χ0v) is 28.7. The third kappa shape index (κ3) is 3.92. The lowest BCUT2D eigenvalue weighted by atomic mass is 9.33. The molecule has 0 spiro atoms. The highest BCUT2D eigenvalue weighted by atomic mass is 35.5. The number of benzene rings is 1. The molecule has 0 amide bonds. The maximum Gasteiger partial charge on any atom is 0.160 e. The average molecular weight is 621 g/mol. The number of aliphatic hydroxyl groups excluding tert-OH is 1. The third-order valence-electron chi connectivity index (χ3n) is 14.3. The van der Waals surface area contributed by atoms with Crippen molar-refractivity contribution in [2.24, 2.45) is 45.3 Å². The first-order valence-corrected chi connectivity index (χ1v) is 17.9. The number of allylic oxidation sites excluding steroid dienone is 2. The summed E-state index contributed by atoms with van der Waals surface area (Å²) in [5.74, 6) is 2.11. The predicted octanol–water partition coefficient (Wildman–Crippen LogP) is 9.45. The van der Waals surface area contributed by atoms with Gasteiger partial charge < -0.3 is 5.11 Å². The van der Waals surface area contributed by atoms with E-state index in [1.165, 1.54) is 24.8 Å². The second kappa shape index (κ2) is 9.72. The Morgan fingerprint density at radius 3 is 2.30 bits per heavy atom. The lowest BCUT2D eigenvalue weighted by Crippen LogP contribution is -2.65. The highest BCUT2D eigenvalue weighted by molar-refractivity contribution is 7.14. The zero-order valence-electron chi connectivity index (χ0n) is 27.1. The molecule has 6 heteroatoms. The summed E-state index contributed by atoms with van der Waals surface area (Å²) in [4.78, 5) is 14.0. The predicted molar refractivity (Wildman–Crippen MR) is 175 cm³/mol. The Morgan fingerprint density at radius 2 is 1.60 bits per heavy atom. The molecular formula is C37H49ClN2O2S. The maximum atomic E-state index is 14.0. The monoisotopic (exact) mass is 620 g/mol. The number of carbonyl (C=O) groups is 1. The Labute approximate surface area is 267 Å². The summed E-state index contributed by atoms with van der Waals surface area (Å²) in [6.07, 6.45) is 9.24. The first-order valence-electron chi connectivity index (χ1n) is 16.7. The van der Waals surface area contributed by atoms with Crippen molar-refractivity contribution in [3.63, 3.8) is 0 Å². The van der Waals surface area contributed by atoms with Crippen molar-refractivity contribution >= 4 is 28.7 Å². The molecule has 0 aliphatic heterocycles. The summed E-state index contributed by atoms with van der Waals surface area (Å²) in [5.41, 5.74) is 3.76. The molecule has 232 valence electrons. The van der Waals surface area contributed by atoms with E-state index in [2.05, 4.69) is 53.6 Å². The number of rotatable bonds is 3. The highest BCUT2D eigenvalue weighted by Gasteiger charge is 2.70. The molecule has 1 N–H and O–H groups in total. The third-order valence-corrected chi connectivity index (χ3v) is 15.8. The molecular weight excluding hydrogens is 572 g/mol. The highest BCUT2D eigenvalue weighted by Crippen LogP contribution is 2.76. The van der Waals surface area contributed by atoms with Crippen LogP contribution in [-0.4, -0.2) is 27.2 Å². The SMILES string of the molecule is CC(C)C1=C2C3CC[C@@H]4[C@@]5(C)CC[C@H](O)C(C)(C)[C@@H]5CC[C@@]4(C)[C@]3(C)CC[C@@]2(c2nnc(-c3ccc(Cl)cc3)s2)CC1=O. The number of hydrogen-bond donors (Lipinski definition) is 1.